The number of nitrogens with one attached hydrogen (secondary N) is 3. The molecule has 0 aliphatic carbocycles. The molecule has 0 radical (unpaired) electrons. The lowest BCUT2D eigenvalue weighted by Crippen LogP contribution is -2.51. The Bertz CT molecular complexity index is 838. The summed E-state index contributed by atoms with van der Waals surface area (Å²) in [5.74, 6) is -0.0809. The molecule has 2 amide bonds. The standard InChI is InChI=1S/C26H38N4O3/c1-26(2,3)33-25(32)28-16-10-15-23(24(31)29-19-21-13-8-5-9-14-21)30-22(18-27)17-20-11-6-4-7-12-20/h4-9,11-14,22-23,30H,10,15-19,27H2,1-3H3,(H,28,32)(H,29,31)/t22?,23-/m0/s1. The van der Waals surface area contributed by atoms with Gasteiger partial charge in [-0.1, -0.05) is 60.7 Å². The van der Waals surface area contributed by atoms with E-state index in [9.17, 15) is 9.59 Å². The minimum atomic E-state index is -0.544. The zero-order chi connectivity index (χ0) is 24.1. The summed E-state index contributed by atoms with van der Waals surface area (Å²) in [5.41, 5.74) is 7.68. The monoisotopic (exact) mass is 454 g/mol. The second kappa shape index (κ2) is 13.6. The highest BCUT2D eigenvalue weighted by Crippen LogP contribution is 2.08. The molecular formula is C26H38N4O3. The number of benzene rings is 2. The Labute approximate surface area is 197 Å². The van der Waals surface area contributed by atoms with E-state index in [1.165, 1.54) is 0 Å². The van der Waals surface area contributed by atoms with E-state index in [1.54, 1.807) is 0 Å². The van der Waals surface area contributed by atoms with Gasteiger partial charge in [0, 0.05) is 25.7 Å². The molecule has 7 nitrogen and oxygen atoms in total. The number of hydrogen-bond acceptors (Lipinski definition) is 5. The Morgan fingerprint density at radius 2 is 1.55 bits per heavy atom. The van der Waals surface area contributed by atoms with Crippen molar-refractivity contribution in [3.8, 4) is 0 Å². The summed E-state index contributed by atoms with van der Waals surface area (Å²) in [7, 11) is 0. The van der Waals surface area contributed by atoms with Crippen LogP contribution in [-0.4, -0.2) is 42.8 Å². The van der Waals surface area contributed by atoms with E-state index < -0.39 is 17.7 Å². The van der Waals surface area contributed by atoms with Crippen molar-refractivity contribution >= 4 is 12.0 Å². The maximum Gasteiger partial charge on any atom is 0.407 e. The highest BCUT2D eigenvalue weighted by Gasteiger charge is 2.22. The normalized spacial score (nSPS) is 13.1. The predicted octanol–water partition coefficient (Wildman–Crippen LogP) is 3.14. The Hall–Kier alpha value is -2.90. The molecule has 0 spiro atoms. The second-order valence-electron chi connectivity index (χ2n) is 9.12. The fourth-order valence-corrected chi connectivity index (χ4v) is 3.40. The molecular weight excluding hydrogens is 416 g/mol. The van der Waals surface area contributed by atoms with Gasteiger partial charge in [0.1, 0.15) is 5.60 Å². The first-order valence-corrected chi connectivity index (χ1v) is 11.6. The van der Waals surface area contributed by atoms with Crippen molar-refractivity contribution in [3.63, 3.8) is 0 Å². The predicted molar refractivity (Wildman–Crippen MR) is 132 cm³/mol. The van der Waals surface area contributed by atoms with Crippen molar-refractivity contribution in [3.05, 3.63) is 71.8 Å². The zero-order valence-electron chi connectivity index (χ0n) is 20.0. The fourth-order valence-electron chi connectivity index (χ4n) is 3.40. The van der Waals surface area contributed by atoms with Crippen LogP contribution in [0.2, 0.25) is 0 Å². The van der Waals surface area contributed by atoms with Crippen LogP contribution >= 0.6 is 0 Å². The quantitative estimate of drug-likeness (QED) is 0.369. The lowest BCUT2D eigenvalue weighted by Gasteiger charge is -2.25. The van der Waals surface area contributed by atoms with Crippen molar-refractivity contribution < 1.29 is 14.3 Å². The Morgan fingerprint density at radius 3 is 2.12 bits per heavy atom. The van der Waals surface area contributed by atoms with Gasteiger partial charge in [0.05, 0.1) is 6.04 Å². The SMILES string of the molecule is CC(C)(C)OC(=O)NCCC[C@H](NC(CN)Cc1ccccc1)C(=O)NCc1ccccc1. The van der Waals surface area contributed by atoms with Gasteiger partial charge in [0.25, 0.3) is 0 Å². The largest absolute Gasteiger partial charge is 0.444 e. The summed E-state index contributed by atoms with van der Waals surface area (Å²) in [4.78, 5) is 24.9. The molecule has 2 aromatic rings. The van der Waals surface area contributed by atoms with Crippen LogP contribution in [-0.2, 0) is 22.5 Å². The van der Waals surface area contributed by atoms with Gasteiger partial charge in [-0.2, -0.15) is 0 Å². The van der Waals surface area contributed by atoms with E-state index in [4.69, 9.17) is 10.5 Å². The van der Waals surface area contributed by atoms with Gasteiger partial charge in [0.15, 0.2) is 0 Å². The average molecular weight is 455 g/mol. The number of hydrogen-bond donors (Lipinski definition) is 4. The second-order valence-corrected chi connectivity index (χ2v) is 9.12. The maximum absolute atomic E-state index is 13.0. The van der Waals surface area contributed by atoms with Gasteiger partial charge in [0.2, 0.25) is 5.91 Å². The molecule has 0 bridgehead atoms. The molecule has 2 atom stereocenters. The first-order chi connectivity index (χ1) is 15.8. The number of ether oxygens (including phenoxy) is 1. The molecule has 1 unspecified atom stereocenters. The van der Waals surface area contributed by atoms with Gasteiger partial charge >= 0.3 is 6.09 Å². The van der Waals surface area contributed by atoms with Crippen LogP contribution in [0.25, 0.3) is 0 Å². The highest BCUT2D eigenvalue weighted by molar-refractivity contribution is 5.81. The van der Waals surface area contributed by atoms with Crippen molar-refractivity contribution in [2.24, 2.45) is 5.73 Å². The summed E-state index contributed by atoms with van der Waals surface area (Å²) < 4.78 is 5.27. The molecule has 2 rings (SSSR count). The van der Waals surface area contributed by atoms with E-state index in [1.807, 2.05) is 69.3 Å². The molecule has 180 valence electrons. The van der Waals surface area contributed by atoms with Crippen LogP contribution in [0.4, 0.5) is 4.79 Å². The number of nitrogens with two attached hydrogens (primary N) is 1. The van der Waals surface area contributed by atoms with E-state index >= 15 is 0 Å². The molecule has 7 heteroatoms. The third-order valence-electron chi connectivity index (χ3n) is 5.01. The maximum atomic E-state index is 13.0. The Balaban J connectivity index is 1.94. The van der Waals surface area contributed by atoms with Crippen LogP contribution < -0.4 is 21.7 Å². The van der Waals surface area contributed by atoms with Crippen molar-refractivity contribution in [1.82, 2.24) is 16.0 Å². The summed E-state index contributed by atoms with van der Waals surface area (Å²) in [6, 6.07) is 19.4. The zero-order valence-corrected chi connectivity index (χ0v) is 20.0. The molecule has 0 aliphatic rings. The van der Waals surface area contributed by atoms with Crippen molar-refractivity contribution in [1.29, 1.82) is 0 Å². The summed E-state index contributed by atoms with van der Waals surface area (Å²) in [5, 5.41) is 9.21. The lowest BCUT2D eigenvalue weighted by molar-refractivity contribution is -0.123. The first-order valence-electron chi connectivity index (χ1n) is 11.6. The summed E-state index contributed by atoms with van der Waals surface area (Å²) in [6.45, 7) is 6.76. The third kappa shape index (κ3) is 11.0. The van der Waals surface area contributed by atoms with Gasteiger partial charge in [-0.25, -0.2) is 4.79 Å². The fraction of sp³-hybridized carbons (Fsp3) is 0.462. The van der Waals surface area contributed by atoms with Crippen LogP contribution in [0, 0.1) is 0 Å². The lowest BCUT2D eigenvalue weighted by atomic mass is 10.0. The molecule has 0 aromatic heterocycles. The molecule has 0 saturated carbocycles. The number of amides is 2. The average Bonchev–Trinajstić information content (AvgIpc) is 2.79. The number of alkyl carbamates (subject to hydrolysis) is 1. The van der Waals surface area contributed by atoms with E-state index in [0.29, 0.717) is 32.5 Å². The third-order valence-corrected chi connectivity index (χ3v) is 5.01. The van der Waals surface area contributed by atoms with E-state index in [0.717, 1.165) is 17.5 Å². The topological polar surface area (TPSA) is 105 Å². The smallest absolute Gasteiger partial charge is 0.407 e. The van der Waals surface area contributed by atoms with Crippen molar-refractivity contribution in [2.75, 3.05) is 13.1 Å². The van der Waals surface area contributed by atoms with Crippen LogP contribution in [0.1, 0.15) is 44.7 Å². The molecule has 0 fully saturated rings. The van der Waals surface area contributed by atoms with Gasteiger partial charge < -0.3 is 26.4 Å². The number of rotatable bonds is 12. The molecule has 2 aromatic carbocycles. The van der Waals surface area contributed by atoms with Crippen LogP contribution in [0.5, 0.6) is 0 Å². The minimum absolute atomic E-state index is 0.0429. The van der Waals surface area contributed by atoms with Gasteiger partial charge in [-0.05, 0) is 51.2 Å². The molecule has 0 saturated heterocycles. The van der Waals surface area contributed by atoms with E-state index in [-0.39, 0.29) is 11.9 Å². The highest BCUT2D eigenvalue weighted by atomic mass is 16.6. The first kappa shape index (κ1) is 26.4. The number of carbonyl (C=O) groups is 2. The molecule has 5 N–H and O–H groups in total. The van der Waals surface area contributed by atoms with Crippen LogP contribution in [0.15, 0.2) is 60.7 Å². The Morgan fingerprint density at radius 1 is 0.939 bits per heavy atom. The minimum Gasteiger partial charge on any atom is -0.444 e. The number of carbonyl (C=O) groups excluding carboxylic acids is 2. The summed E-state index contributed by atoms with van der Waals surface area (Å²) >= 11 is 0. The Kier molecular flexibility index (Phi) is 10.9. The molecule has 0 aliphatic heterocycles. The summed E-state index contributed by atoms with van der Waals surface area (Å²) in [6.07, 6.45) is 1.46. The van der Waals surface area contributed by atoms with Crippen molar-refractivity contribution in [2.45, 2.75) is 64.3 Å². The molecule has 33 heavy (non-hydrogen) atoms. The van der Waals surface area contributed by atoms with E-state index in [2.05, 4.69) is 28.1 Å². The van der Waals surface area contributed by atoms with Crippen LogP contribution in [0.3, 0.4) is 0 Å². The molecule has 0 heterocycles. The van der Waals surface area contributed by atoms with Gasteiger partial charge in [-0.15, -0.1) is 0 Å². The van der Waals surface area contributed by atoms with Gasteiger partial charge in [-0.3, -0.25) is 4.79 Å².